The number of rotatable bonds is 3. The molecule has 0 aliphatic rings. The fourth-order valence-corrected chi connectivity index (χ4v) is 3.78. The van der Waals surface area contributed by atoms with E-state index in [2.05, 4.69) is 4.98 Å². The van der Waals surface area contributed by atoms with Crippen molar-refractivity contribution in [1.82, 2.24) is 4.98 Å². The number of sulfone groups is 1. The van der Waals surface area contributed by atoms with Crippen molar-refractivity contribution < 1.29 is 18.4 Å². The number of phenolic OH excluding ortho intramolecular Hbond substituents is 1. The van der Waals surface area contributed by atoms with E-state index in [0.717, 1.165) is 18.2 Å². The molecule has 1 N–H and O–H groups in total. The summed E-state index contributed by atoms with van der Waals surface area (Å²) in [5.41, 5.74) is -0.550. The van der Waals surface area contributed by atoms with Gasteiger partial charge in [0.2, 0.25) is 9.84 Å². The van der Waals surface area contributed by atoms with Gasteiger partial charge in [-0.1, -0.05) is 12.1 Å². The minimum Gasteiger partial charge on any atom is -0.502 e. The molecule has 0 aliphatic carbocycles. The summed E-state index contributed by atoms with van der Waals surface area (Å²) >= 11 is 0. The molecule has 116 valence electrons. The first kappa shape index (κ1) is 14.9. The van der Waals surface area contributed by atoms with Crippen LogP contribution in [0.4, 0.5) is 5.69 Å². The van der Waals surface area contributed by atoms with Gasteiger partial charge in [0.05, 0.1) is 14.7 Å². The molecule has 23 heavy (non-hydrogen) atoms. The standard InChI is InChI=1S/C15H10N2O5S/c18-14-8-11(4-5-13(14)17(19)20)23(21,22)15-3-1-2-10-9-16-7-6-12(10)15/h1-9,18H. The van der Waals surface area contributed by atoms with Crippen molar-refractivity contribution in [2.75, 3.05) is 0 Å². The highest BCUT2D eigenvalue weighted by Crippen LogP contribution is 2.33. The summed E-state index contributed by atoms with van der Waals surface area (Å²) < 4.78 is 25.6. The monoisotopic (exact) mass is 330 g/mol. The Morgan fingerprint density at radius 1 is 1.13 bits per heavy atom. The van der Waals surface area contributed by atoms with E-state index in [4.69, 9.17) is 0 Å². The van der Waals surface area contributed by atoms with Gasteiger partial charge in [-0.05, 0) is 18.2 Å². The van der Waals surface area contributed by atoms with Crippen LogP contribution >= 0.6 is 0 Å². The van der Waals surface area contributed by atoms with E-state index in [9.17, 15) is 23.6 Å². The van der Waals surface area contributed by atoms with Crippen molar-refractivity contribution in [3.63, 3.8) is 0 Å². The summed E-state index contributed by atoms with van der Waals surface area (Å²) in [5.74, 6) is -0.696. The van der Waals surface area contributed by atoms with Crippen LogP contribution in [0.25, 0.3) is 10.8 Å². The predicted molar refractivity (Wildman–Crippen MR) is 82.0 cm³/mol. The molecule has 0 saturated heterocycles. The molecule has 1 aromatic heterocycles. The lowest BCUT2D eigenvalue weighted by atomic mass is 10.2. The molecule has 0 unspecified atom stereocenters. The van der Waals surface area contributed by atoms with Gasteiger partial charge in [0.15, 0.2) is 5.75 Å². The molecule has 2 aromatic carbocycles. The first-order valence-corrected chi connectivity index (χ1v) is 7.95. The molecular weight excluding hydrogens is 320 g/mol. The fraction of sp³-hybridized carbons (Fsp3) is 0. The highest BCUT2D eigenvalue weighted by atomic mass is 32.2. The van der Waals surface area contributed by atoms with Crippen LogP contribution < -0.4 is 0 Å². The van der Waals surface area contributed by atoms with Crippen molar-refractivity contribution in [3.05, 3.63) is 65.0 Å². The number of nitrogens with zero attached hydrogens (tertiary/aromatic N) is 2. The lowest BCUT2D eigenvalue weighted by Gasteiger charge is -2.08. The second kappa shape index (κ2) is 5.33. The highest BCUT2D eigenvalue weighted by molar-refractivity contribution is 7.91. The van der Waals surface area contributed by atoms with Crippen molar-refractivity contribution >= 4 is 26.3 Å². The summed E-state index contributed by atoms with van der Waals surface area (Å²) in [6.45, 7) is 0. The number of hydrogen-bond donors (Lipinski definition) is 1. The quantitative estimate of drug-likeness (QED) is 0.584. The maximum absolute atomic E-state index is 12.8. The normalized spacial score (nSPS) is 11.5. The Labute approximate surface area is 130 Å². The number of aromatic nitrogens is 1. The van der Waals surface area contributed by atoms with Crippen molar-refractivity contribution in [2.24, 2.45) is 0 Å². The van der Waals surface area contributed by atoms with Gasteiger partial charge >= 0.3 is 5.69 Å². The number of fused-ring (bicyclic) bond motifs is 1. The van der Waals surface area contributed by atoms with Gasteiger partial charge in [0, 0.05) is 35.3 Å². The van der Waals surface area contributed by atoms with Crippen molar-refractivity contribution in [3.8, 4) is 5.75 Å². The zero-order chi connectivity index (χ0) is 16.6. The van der Waals surface area contributed by atoms with Gasteiger partial charge in [-0.3, -0.25) is 15.1 Å². The van der Waals surface area contributed by atoms with Gasteiger partial charge in [-0.25, -0.2) is 8.42 Å². The van der Waals surface area contributed by atoms with Crippen LogP contribution in [-0.2, 0) is 9.84 Å². The number of hydrogen-bond acceptors (Lipinski definition) is 6. The number of benzene rings is 2. The van der Waals surface area contributed by atoms with E-state index in [-0.39, 0.29) is 9.79 Å². The van der Waals surface area contributed by atoms with Crippen LogP contribution in [0.15, 0.2) is 64.6 Å². The largest absolute Gasteiger partial charge is 0.502 e. The molecule has 8 heteroatoms. The molecule has 7 nitrogen and oxygen atoms in total. The van der Waals surface area contributed by atoms with Crippen LogP contribution in [0.3, 0.4) is 0 Å². The Morgan fingerprint density at radius 2 is 1.91 bits per heavy atom. The second-order valence-corrected chi connectivity index (χ2v) is 6.68. The lowest BCUT2D eigenvalue weighted by molar-refractivity contribution is -0.385. The summed E-state index contributed by atoms with van der Waals surface area (Å²) in [6.07, 6.45) is 3.02. The second-order valence-electron chi connectivity index (χ2n) is 4.76. The Morgan fingerprint density at radius 3 is 2.61 bits per heavy atom. The fourth-order valence-electron chi connectivity index (χ4n) is 2.28. The Balaban J connectivity index is 2.22. The van der Waals surface area contributed by atoms with E-state index in [0.29, 0.717) is 10.8 Å². The van der Waals surface area contributed by atoms with Crippen LogP contribution in [0.1, 0.15) is 0 Å². The van der Waals surface area contributed by atoms with E-state index in [1.807, 2.05) is 0 Å². The lowest BCUT2D eigenvalue weighted by Crippen LogP contribution is -2.03. The molecule has 3 rings (SSSR count). The molecule has 0 saturated carbocycles. The van der Waals surface area contributed by atoms with Crippen molar-refractivity contribution in [1.29, 1.82) is 0 Å². The molecule has 0 amide bonds. The van der Waals surface area contributed by atoms with Gasteiger partial charge in [0.1, 0.15) is 0 Å². The summed E-state index contributed by atoms with van der Waals surface area (Å²) in [5, 5.41) is 21.5. The third-order valence-corrected chi connectivity index (χ3v) is 5.19. The maximum Gasteiger partial charge on any atom is 0.310 e. The number of nitro benzene ring substituents is 1. The Kier molecular flexibility index (Phi) is 3.45. The number of pyridine rings is 1. The van der Waals surface area contributed by atoms with Crippen LogP contribution in [-0.4, -0.2) is 23.4 Å². The van der Waals surface area contributed by atoms with Crippen LogP contribution in [0.2, 0.25) is 0 Å². The third-order valence-electron chi connectivity index (χ3n) is 3.38. The molecule has 0 aliphatic heterocycles. The molecular formula is C15H10N2O5S. The average Bonchev–Trinajstić information content (AvgIpc) is 2.53. The molecule has 3 aromatic rings. The molecule has 1 heterocycles. The molecule has 0 atom stereocenters. The zero-order valence-corrected chi connectivity index (χ0v) is 12.4. The number of nitro groups is 1. The molecule has 0 fully saturated rings. The maximum atomic E-state index is 12.8. The van der Waals surface area contributed by atoms with E-state index >= 15 is 0 Å². The zero-order valence-electron chi connectivity index (χ0n) is 11.6. The van der Waals surface area contributed by atoms with Gasteiger partial charge in [-0.15, -0.1) is 0 Å². The van der Waals surface area contributed by atoms with Crippen LogP contribution in [0, 0.1) is 10.1 Å². The van der Waals surface area contributed by atoms with Gasteiger partial charge in [0.25, 0.3) is 0 Å². The summed E-state index contributed by atoms with van der Waals surface area (Å²) in [7, 11) is -3.94. The molecule has 0 radical (unpaired) electrons. The number of aromatic hydroxyl groups is 1. The van der Waals surface area contributed by atoms with Crippen molar-refractivity contribution in [2.45, 2.75) is 9.79 Å². The Hall–Kier alpha value is -3.00. The SMILES string of the molecule is O=[N+]([O-])c1ccc(S(=O)(=O)c2cccc3cnccc23)cc1O. The minimum atomic E-state index is -3.94. The average molecular weight is 330 g/mol. The van der Waals surface area contributed by atoms with Crippen LogP contribution in [0.5, 0.6) is 5.75 Å². The van der Waals surface area contributed by atoms with E-state index < -0.39 is 26.2 Å². The van der Waals surface area contributed by atoms with Gasteiger partial charge < -0.3 is 5.11 Å². The summed E-state index contributed by atoms with van der Waals surface area (Å²) in [6, 6.07) is 9.29. The molecule has 0 spiro atoms. The smallest absolute Gasteiger partial charge is 0.310 e. The van der Waals surface area contributed by atoms with E-state index in [1.165, 1.54) is 12.3 Å². The first-order chi connectivity index (χ1) is 10.9. The summed E-state index contributed by atoms with van der Waals surface area (Å²) in [4.78, 5) is 13.7. The first-order valence-electron chi connectivity index (χ1n) is 6.46. The minimum absolute atomic E-state index is 0.0469. The topological polar surface area (TPSA) is 110 Å². The van der Waals surface area contributed by atoms with E-state index in [1.54, 1.807) is 24.4 Å². The predicted octanol–water partition coefficient (Wildman–Crippen LogP) is 2.68. The molecule has 0 bridgehead atoms. The van der Waals surface area contributed by atoms with Gasteiger partial charge in [-0.2, -0.15) is 0 Å². The number of phenols is 1. The Bertz CT molecular complexity index is 1030. The highest BCUT2D eigenvalue weighted by Gasteiger charge is 2.23. The third kappa shape index (κ3) is 2.49.